The summed E-state index contributed by atoms with van der Waals surface area (Å²) in [6.07, 6.45) is 3.64. The number of rotatable bonds is 5. The molecule has 4 nitrogen and oxygen atoms in total. The van der Waals surface area contributed by atoms with Gasteiger partial charge in [0.15, 0.2) is 9.84 Å². The van der Waals surface area contributed by atoms with Gasteiger partial charge in [0.2, 0.25) is 0 Å². The Morgan fingerprint density at radius 2 is 2.06 bits per heavy atom. The summed E-state index contributed by atoms with van der Waals surface area (Å²) in [5.41, 5.74) is 0.980. The molecule has 2 N–H and O–H groups in total. The summed E-state index contributed by atoms with van der Waals surface area (Å²) in [5.74, 6) is 0.771. The summed E-state index contributed by atoms with van der Waals surface area (Å²) >= 11 is 0. The summed E-state index contributed by atoms with van der Waals surface area (Å²) in [6, 6.07) is 6.94. The molecule has 18 heavy (non-hydrogen) atoms. The molecule has 1 aliphatic rings. The fourth-order valence-corrected chi connectivity index (χ4v) is 2.83. The van der Waals surface area contributed by atoms with Crippen molar-refractivity contribution >= 4 is 15.5 Å². The van der Waals surface area contributed by atoms with Crippen LogP contribution in [0.25, 0.3) is 0 Å². The van der Waals surface area contributed by atoms with E-state index in [0.29, 0.717) is 4.90 Å². The van der Waals surface area contributed by atoms with Crippen molar-refractivity contribution in [2.24, 2.45) is 5.92 Å². The topological polar surface area (TPSA) is 58.2 Å². The average molecular weight is 268 g/mol. The number of anilines is 1. The highest BCUT2D eigenvalue weighted by Gasteiger charge is 2.13. The molecule has 0 amide bonds. The summed E-state index contributed by atoms with van der Waals surface area (Å²) < 4.78 is 22.6. The van der Waals surface area contributed by atoms with Crippen LogP contribution in [0, 0.1) is 5.92 Å². The van der Waals surface area contributed by atoms with Crippen molar-refractivity contribution in [2.75, 3.05) is 31.2 Å². The molecular weight excluding hydrogens is 248 g/mol. The van der Waals surface area contributed by atoms with E-state index in [0.717, 1.165) is 37.7 Å². The van der Waals surface area contributed by atoms with Gasteiger partial charge >= 0.3 is 0 Å². The van der Waals surface area contributed by atoms with E-state index in [1.807, 2.05) is 12.1 Å². The molecule has 1 atom stereocenters. The lowest BCUT2D eigenvalue weighted by Crippen LogP contribution is -2.12. The Morgan fingerprint density at radius 1 is 1.33 bits per heavy atom. The maximum absolute atomic E-state index is 11.3. The van der Waals surface area contributed by atoms with Crippen molar-refractivity contribution in [2.45, 2.75) is 17.7 Å². The minimum atomic E-state index is -3.09. The van der Waals surface area contributed by atoms with Crippen molar-refractivity contribution in [3.63, 3.8) is 0 Å². The highest BCUT2D eigenvalue weighted by Crippen LogP contribution is 2.15. The molecule has 1 saturated heterocycles. The van der Waals surface area contributed by atoms with Crippen molar-refractivity contribution in [1.82, 2.24) is 5.32 Å². The van der Waals surface area contributed by atoms with Crippen LogP contribution in [0.4, 0.5) is 5.69 Å². The number of benzene rings is 1. The summed E-state index contributed by atoms with van der Waals surface area (Å²) in [5, 5.41) is 6.68. The van der Waals surface area contributed by atoms with Crippen molar-refractivity contribution in [1.29, 1.82) is 0 Å². The Morgan fingerprint density at radius 3 is 2.61 bits per heavy atom. The van der Waals surface area contributed by atoms with Crippen LogP contribution in [0.15, 0.2) is 29.2 Å². The van der Waals surface area contributed by atoms with Gasteiger partial charge in [0, 0.05) is 18.5 Å². The Kier molecular flexibility index (Phi) is 4.24. The molecule has 0 radical (unpaired) electrons. The second-order valence-electron chi connectivity index (χ2n) is 4.87. The third-order valence-corrected chi connectivity index (χ3v) is 4.46. The van der Waals surface area contributed by atoms with Gasteiger partial charge in [0.1, 0.15) is 0 Å². The van der Waals surface area contributed by atoms with Crippen molar-refractivity contribution in [3.05, 3.63) is 24.3 Å². The molecule has 100 valence electrons. The fourth-order valence-electron chi connectivity index (χ4n) is 2.20. The lowest BCUT2D eigenvalue weighted by molar-refractivity contribution is 0.549. The molecule has 1 heterocycles. The maximum Gasteiger partial charge on any atom is 0.175 e. The normalized spacial score (nSPS) is 19.9. The zero-order valence-corrected chi connectivity index (χ0v) is 11.5. The quantitative estimate of drug-likeness (QED) is 0.849. The monoisotopic (exact) mass is 268 g/mol. The van der Waals surface area contributed by atoms with Gasteiger partial charge in [-0.1, -0.05) is 0 Å². The molecule has 5 heteroatoms. The van der Waals surface area contributed by atoms with Gasteiger partial charge in [-0.05, 0) is 56.1 Å². The number of nitrogens with one attached hydrogen (secondary N) is 2. The zero-order valence-electron chi connectivity index (χ0n) is 10.6. The van der Waals surface area contributed by atoms with Gasteiger partial charge in [-0.25, -0.2) is 8.42 Å². The molecule has 0 bridgehead atoms. The minimum absolute atomic E-state index is 0.369. The third kappa shape index (κ3) is 3.71. The standard InChI is InChI=1S/C13H20N2O2S/c1-18(16,17)13-4-2-12(3-5-13)15-9-7-11-6-8-14-10-11/h2-5,11,14-15H,6-10H2,1H3. The first-order chi connectivity index (χ1) is 8.55. The lowest BCUT2D eigenvalue weighted by Gasteiger charge is -2.10. The van der Waals surface area contributed by atoms with Crippen LogP contribution in [0.1, 0.15) is 12.8 Å². The van der Waals surface area contributed by atoms with E-state index in [1.165, 1.54) is 12.7 Å². The van der Waals surface area contributed by atoms with Gasteiger partial charge in [0.25, 0.3) is 0 Å². The van der Waals surface area contributed by atoms with Gasteiger partial charge in [0.05, 0.1) is 4.90 Å². The third-order valence-electron chi connectivity index (χ3n) is 3.33. The van der Waals surface area contributed by atoms with Crippen LogP contribution in [-0.2, 0) is 9.84 Å². The first kappa shape index (κ1) is 13.4. The van der Waals surface area contributed by atoms with E-state index in [9.17, 15) is 8.42 Å². The SMILES string of the molecule is CS(=O)(=O)c1ccc(NCCC2CCNC2)cc1. The van der Waals surface area contributed by atoms with Crippen LogP contribution >= 0.6 is 0 Å². The highest BCUT2D eigenvalue weighted by atomic mass is 32.2. The van der Waals surface area contributed by atoms with E-state index in [4.69, 9.17) is 0 Å². The van der Waals surface area contributed by atoms with E-state index >= 15 is 0 Å². The second-order valence-corrected chi connectivity index (χ2v) is 6.89. The Hall–Kier alpha value is -1.07. The molecule has 1 aromatic carbocycles. The Labute approximate surface area is 109 Å². The molecule has 1 unspecified atom stereocenters. The van der Waals surface area contributed by atoms with E-state index < -0.39 is 9.84 Å². The highest BCUT2D eigenvalue weighted by molar-refractivity contribution is 7.90. The molecule has 2 rings (SSSR count). The van der Waals surface area contributed by atoms with Gasteiger partial charge in [-0.15, -0.1) is 0 Å². The minimum Gasteiger partial charge on any atom is -0.385 e. The molecule has 1 aliphatic heterocycles. The van der Waals surface area contributed by atoms with Crippen LogP contribution in [0.3, 0.4) is 0 Å². The fraction of sp³-hybridized carbons (Fsp3) is 0.538. The average Bonchev–Trinajstić information content (AvgIpc) is 2.82. The predicted octanol–water partition coefficient (Wildman–Crippen LogP) is 1.50. The zero-order chi connectivity index (χ0) is 13.0. The molecular formula is C13H20N2O2S. The second kappa shape index (κ2) is 5.71. The van der Waals surface area contributed by atoms with Gasteiger partial charge in [-0.3, -0.25) is 0 Å². The van der Waals surface area contributed by atoms with Crippen LogP contribution < -0.4 is 10.6 Å². The Balaban J connectivity index is 1.83. The van der Waals surface area contributed by atoms with Gasteiger partial charge in [-0.2, -0.15) is 0 Å². The molecule has 0 aromatic heterocycles. The molecule has 0 saturated carbocycles. The van der Waals surface area contributed by atoms with E-state index in [1.54, 1.807) is 12.1 Å². The molecule has 0 aliphatic carbocycles. The van der Waals surface area contributed by atoms with Crippen LogP contribution in [0.2, 0.25) is 0 Å². The number of hydrogen-bond donors (Lipinski definition) is 2. The summed E-state index contributed by atoms with van der Waals surface area (Å²) in [7, 11) is -3.09. The number of sulfone groups is 1. The summed E-state index contributed by atoms with van der Waals surface area (Å²) in [6.45, 7) is 3.19. The predicted molar refractivity (Wildman–Crippen MR) is 73.6 cm³/mol. The smallest absolute Gasteiger partial charge is 0.175 e. The number of hydrogen-bond acceptors (Lipinski definition) is 4. The first-order valence-electron chi connectivity index (χ1n) is 6.30. The van der Waals surface area contributed by atoms with E-state index in [-0.39, 0.29) is 0 Å². The summed E-state index contributed by atoms with van der Waals surface area (Å²) in [4.78, 5) is 0.369. The largest absolute Gasteiger partial charge is 0.385 e. The maximum atomic E-state index is 11.3. The lowest BCUT2D eigenvalue weighted by atomic mass is 10.1. The molecule has 1 fully saturated rings. The van der Waals surface area contributed by atoms with Crippen molar-refractivity contribution in [3.8, 4) is 0 Å². The Bertz CT molecular complexity index is 476. The van der Waals surface area contributed by atoms with E-state index in [2.05, 4.69) is 10.6 Å². The first-order valence-corrected chi connectivity index (χ1v) is 8.19. The van der Waals surface area contributed by atoms with Gasteiger partial charge < -0.3 is 10.6 Å². The van der Waals surface area contributed by atoms with Crippen LogP contribution in [-0.4, -0.2) is 34.3 Å². The molecule has 1 aromatic rings. The van der Waals surface area contributed by atoms with Crippen LogP contribution in [0.5, 0.6) is 0 Å². The molecule has 0 spiro atoms. The van der Waals surface area contributed by atoms with Crippen molar-refractivity contribution < 1.29 is 8.42 Å².